The van der Waals surface area contributed by atoms with E-state index in [0.717, 1.165) is 4.90 Å². The van der Waals surface area contributed by atoms with Crippen LogP contribution in [-0.2, 0) is 17.1 Å². The number of halogens is 6. The maximum absolute atomic E-state index is 12.9. The molecule has 2 aromatic carbocycles. The van der Waals surface area contributed by atoms with E-state index in [1.54, 1.807) is 12.1 Å². The number of carbonyl (C=O) groups is 3. The van der Waals surface area contributed by atoms with Gasteiger partial charge in [-0.25, -0.2) is 4.79 Å². The Hall–Kier alpha value is -3.37. The summed E-state index contributed by atoms with van der Waals surface area (Å²) in [6.45, 7) is -1.02. The van der Waals surface area contributed by atoms with Crippen LogP contribution in [0.25, 0.3) is 0 Å². The van der Waals surface area contributed by atoms with Crippen molar-refractivity contribution in [2.75, 3.05) is 13.2 Å². The van der Waals surface area contributed by atoms with Crippen LogP contribution >= 0.6 is 0 Å². The van der Waals surface area contributed by atoms with Gasteiger partial charge in [0.2, 0.25) is 0 Å². The Morgan fingerprint density at radius 3 is 1.73 bits per heavy atom. The molecule has 11 heteroatoms. The van der Waals surface area contributed by atoms with Crippen molar-refractivity contribution in [3.63, 3.8) is 0 Å². The third-order valence-corrected chi connectivity index (χ3v) is 4.25. The Labute approximate surface area is 164 Å². The molecular weight excluding hydrogens is 420 g/mol. The predicted molar refractivity (Wildman–Crippen MR) is 88.5 cm³/mol. The molecule has 0 unspecified atom stereocenters. The molecule has 0 saturated carbocycles. The first-order valence-electron chi connectivity index (χ1n) is 8.31. The Bertz CT molecular complexity index is 961. The molecule has 0 radical (unpaired) electrons. The van der Waals surface area contributed by atoms with Crippen LogP contribution in [0, 0.1) is 0 Å². The largest absolute Gasteiger partial charge is 0.460 e. The molecule has 1 heterocycles. The molecule has 158 valence electrons. The minimum absolute atomic E-state index is 0.116. The standard InChI is InChI=1S/C19H11F6NO4/c20-18(21,22)11-7-10(8-12(9-11)19(23,24)25)17(29)30-6-5-26-15(27)13-3-1-2-4-14(13)16(26)28/h1-4,7-9H,5-6H2. The molecule has 0 atom stereocenters. The lowest BCUT2D eigenvalue weighted by molar-refractivity contribution is -0.143. The lowest BCUT2D eigenvalue weighted by atomic mass is 10.0. The SMILES string of the molecule is O=C(OCCN1C(=O)c2ccccc2C1=O)c1cc(C(F)(F)F)cc(C(F)(F)F)c1. The predicted octanol–water partition coefficient (Wildman–Crippen LogP) is 4.18. The molecule has 30 heavy (non-hydrogen) atoms. The molecule has 0 N–H and O–H groups in total. The highest BCUT2D eigenvalue weighted by molar-refractivity contribution is 6.21. The molecule has 3 rings (SSSR count). The van der Waals surface area contributed by atoms with Crippen LogP contribution in [0.1, 0.15) is 42.2 Å². The van der Waals surface area contributed by atoms with E-state index in [4.69, 9.17) is 4.74 Å². The molecule has 0 bridgehead atoms. The van der Waals surface area contributed by atoms with E-state index in [1.807, 2.05) is 0 Å². The monoisotopic (exact) mass is 431 g/mol. The minimum atomic E-state index is -5.11. The number of alkyl halides is 6. The van der Waals surface area contributed by atoms with Crippen molar-refractivity contribution < 1.29 is 45.5 Å². The van der Waals surface area contributed by atoms with E-state index in [9.17, 15) is 40.7 Å². The molecule has 0 fully saturated rings. The van der Waals surface area contributed by atoms with Crippen molar-refractivity contribution >= 4 is 17.8 Å². The quantitative estimate of drug-likeness (QED) is 0.414. The van der Waals surface area contributed by atoms with E-state index in [1.165, 1.54) is 12.1 Å². The Balaban J connectivity index is 1.73. The van der Waals surface area contributed by atoms with Crippen LogP contribution in [0.5, 0.6) is 0 Å². The number of carbonyl (C=O) groups excluding carboxylic acids is 3. The second-order valence-electron chi connectivity index (χ2n) is 6.24. The minimum Gasteiger partial charge on any atom is -0.460 e. The van der Waals surface area contributed by atoms with Gasteiger partial charge in [0.05, 0.1) is 34.4 Å². The van der Waals surface area contributed by atoms with Gasteiger partial charge in [-0.3, -0.25) is 14.5 Å². The van der Waals surface area contributed by atoms with Gasteiger partial charge in [-0.05, 0) is 30.3 Å². The smallest absolute Gasteiger partial charge is 0.416 e. The molecule has 0 spiro atoms. The highest BCUT2D eigenvalue weighted by Crippen LogP contribution is 2.36. The van der Waals surface area contributed by atoms with Crippen molar-refractivity contribution in [3.8, 4) is 0 Å². The van der Waals surface area contributed by atoms with Crippen LogP contribution in [0.3, 0.4) is 0 Å². The third-order valence-electron chi connectivity index (χ3n) is 4.25. The number of imide groups is 1. The lowest BCUT2D eigenvalue weighted by Crippen LogP contribution is -2.33. The zero-order valence-corrected chi connectivity index (χ0v) is 14.8. The van der Waals surface area contributed by atoms with Crippen LogP contribution in [0.4, 0.5) is 26.3 Å². The maximum Gasteiger partial charge on any atom is 0.416 e. The van der Waals surface area contributed by atoms with Crippen molar-refractivity contribution in [3.05, 3.63) is 70.3 Å². The van der Waals surface area contributed by atoms with Gasteiger partial charge >= 0.3 is 18.3 Å². The number of benzene rings is 2. The van der Waals surface area contributed by atoms with Gasteiger partial charge < -0.3 is 4.74 Å². The average Bonchev–Trinajstić information content (AvgIpc) is 2.91. The van der Waals surface area contributed by atoms with Crippen molar-refractivity contribution in [2.24, 2.45) is 0 Å². The fraction of sp³-hybridized carbons (Fsp3) is 0.211. The molecule has 0 aromatic heterocycles. The van der Waals surface area contributed by atoms with Crippen LogP contribution in [-0.4, -0.2) is 35.8 Å². The third kappa shape index (κ3) is 4.14. The molecule has 2 aromatic rings. The number of hydrogen-bond acceptors (Lipinski definition) is 4. The molecular formula is C19H11F6NO4. The van der Waals surface area contributed by atoms with Crippen LogP contribution < -0.4 is 0 Å². The van der Waals surface area contributed by atoms with Gasteiger partial charge in [0.25, 0.3) is 11.8 Å². The molecule has 1 aliphatic heterocycles. The Kier molecular flexibility index (Phi) is 5.31. The van der Waals surface area contributed by atoms with Gasteiger partial charge in [0.15, 0.2) is 0 Å². The van der Waals surface area contributed by atoms with E-state index in [2.05, 4.69) is 0 Å². The number of ether oxygens (including phenoxy) is 1. The Morgan fingerprint density at radius 1 is 0.833 bits per heavy atom. The summed E-state index contributed by atoms with van der Waals surface area (Å²) in [6, 6.07) is 6.28. The summed E-state index contributed by atoms with van der Waals surface area (Å²) in [4.78, 5) is 37.1. The zero-order chi connectivity index (χ0) is 22.3. The van der Waals surface area contributed by atoms with E-state index in [0.29, 0.717) is 0 Å². The normalized spacial score (nSPS) is 14.1. The molecule has 2 amide bonds. The second-order valence-corrected chi connectivity index (χ2v) is 6.24. The lowest BCUT2D eigenvalue weighted by Gasteiger charge is -2.15. The zero-order valence-electron chi connectivity index (χ0n) is 14.8. The van der Waals surface area contributed by atoms with Gasteiger partial charge in [-0.15, -0.1) is 0 Å². The number of rotatable bonds is 4. The van der Waals surface area contributed by atoms with Gasteiger partial charge in [0.1, 0.15) is 6.61 Å². The van der Waals surface area contributed by atoms with Crippen molar-refractivity contribution in [1.29, 1.82) is 0 Å². The highest BCUT2D eigenvalue weighted by atomic mass is 19.4. The number of amides is 2. The first-order chi connectivity index (χ1) is 13.9. The fourth-order valence-electron chi connectivity index (χ4n) is 2.83. The maximum atomic E-state index is 12.9. The summed E-state index contributed by atoms with van der Waals surface area (Å²) in [6.07, 6.45) is -10.2. The summed E-state index contributed by atoms with van der Waals surface area (Å²) >= 11 is 0. The highest BCUT2D eigenvalue weighted by Gasteiger charge is 2.38. The van der Waals surface area contributed by atoms with E-state index >= 15 is 0 Å². The summed E-state index contributed by atoms with van der Waals surface area (Å²) in [7, 11) is 0. The molecule has 0 saturated heterocycles. The van der Waals surface area contributed by atoms with E-state index in [-0.39, 0.29) is 29.3 Å². The summed E-state index contributed by atoms with van der Waals surface area (Å²) in [5.41, 5.74) is -4.00. The van der Waals surface area contributed by atoms with Crippen molar-refractivity contribution in [1.82, 2.24) is 4.90 Å². The second kappa shape index (κ2) is 7.47. The van der Waals surface area contributed by atoms with Gasteiger partial charge in [-0.2, -0.15) is 26.3 Å². The van der Waals surface area contributed by atoms with Gasteiger partial charge in [0, 0.05) is 0 Å². The molecule has 5 nitrogen and oxygen atoms in total. The first-order valence-corrected chi connectivity index (χ1v) is 8.31. The molecule has 1 aliphatic rings. The summed E-state index contributed by atoms with van der Waals surface area (Å²) in [5.74, 6) is -2.75. The first kappa shape index (κ1) is 21.3. The number of hydrogen-bond donors (Lipinski definition) is 0. The topological polar surface area (TPSA) is 63.7 Å². The molecule has 0 aliphatic carbocycles. The van der Waals surface area contributed by atoms with E-state index < -0.39 is 60.0 Å². The Morgan fingerprint density at radius 2 is 1.30 bits per heavy atom. The summed E-state index contributed by atoms with van der Waals surface area (Å²) in [5, 5.41) is 0. The summed E-state index contributed by atoms with van der Waals surface area (Å²) < 4.78 is 81.9. The number of nitrogens with zero attached hydrogens (tertiary/aromatic N) is 1. The number of esters is 1. The van der Waals surface area contributed by atoms with Crippen molar-refractivity contribution in [2.45, 2.75) is 12.4 Å². The van der Waals surface area contributed by atoms with Crippen LogP contribution in [0.15, 0.2) is 42.5 Å². The fourth-order valence-corrected chi connectivity index (χ4v) is 2.83. The van der Waals surface area contributed by atoms with Gasteiger partial charge in [-0.1, -0.05) is 12.1 Å². The van der Waals surface area contributed by atoms with Crippen LogP contribution in [0.2, 0.25) is 0 Å². The average molecular weight is 431 g/mol. The number of fused-ring (bicyclic) bond motifs is 1.